The molecule has 1 amide bonds. The topological polar surface area (TPSA) is 52.9 Å². The molecule has 4 aromatic rings. The lowest BCUT2D eigenvalue weighted by Gasteiger charge is -2.36. The van der Waals surface area contributed by atoms with Crippen molar-refractivity contribution in [1.82, 2.24) is 9.47 Å². The minimum absolute atomic E-state index is 0.141. The molecule has 0 fully saturated rings. The van der Waals surface area contributed by atoms with E-state index >= 15 is 0 Å². The Labute approximate surface area is 225 Å². The van der Waals surface area contributed by atoms with Gasteiger partial charge < -0.3 is 23.7 Å². The first kappa shape index (κ1) is 27.2. The third kappa shape index (κ3) is 5.82. The number of amides is 1. The highest BCUT2D eigenvalue weighted by Crippen LogP contribution is 2.33. The molecule has 6 nitrogen and oxygen atoms in total. The molecular weight excluding hydrogens is 476 g/mol. The number of hydrogen-bond acceptors (Lipinski definition) is 4. The number of aromatic nitrogens is 1. The molecular formula is C32H36N2O4. The quantitative estimate of drug-likeness (QED) is 0.152. The summed E-state index contributed by atoms with van der Waals surface area (Å²) in [7, 11) is 1.65. The first-order chi connectivity index (χ1) is 18.6. The first-order valence-corrected chi connectivity index (χ1v) is 13.0. The lowest BCUT2D eigenvalue weighted by Crippen LogP contribution is -2.43. The second-order valence-corrected chi connectivity index (χ2v) is 8.88. The molecule has 0 aliphatic heterocycles. The maximum atomic E-state index is 14.5. The van der Waals surface area contributed by atoms with Crippen molar-refractivity contribution >= 4 is 16.8 Å². The SMILES string of the molecule is C=CCN(C(=O)c1cc2cccc(OC)c2n1Cc1ccccc1)C(c1ccccc1)C(OCC)OCC. The lowest BCUT2D eigenvalue weighted by molar-refractivity contribution is -0.170. The summed E-state index contributed by atoms with van der Waals surface area (Å²) in [5, 5.41) is 0.935. The van der Waals surface area contributed by atoms with Gasteiger partial charge in [0.2, 0.25) is 0 Å². The van der Waals surface area contributed by atoms with E-state index in [1.54, 1.807) is 18.1 Å². The van der Waals surface area contributed by atoms with Crippen LogP contribution in [-0.4, -0.2) is 48.5 Å². The lowest BCUT2D eigenvalue weighted by atomic mass is 10.0. The zero-order valence-electron chi connectivity index (χ0n) is 22.4. The predicted octanol–water partition coefficient (Wildman–Crippen LogP) is 6.47. The van der Waals surface area contributed by atoms with Gasteiger partial charge in [-0.25, -0.2) is 0 Å². The molecule has 38 heavy (non-hydrogen) atoms. The molecule has 0 saturated carbocycles. The summed E-state index contributed by atoms with van der Waals surface area (Å²) in [5.74, 6) is 0.575. The highest BCUT2D eigenvalue weighted by Gasteiger charge is 2.35. The second-order valence-electron chi connectivity index (χ2n) is 8.88. The van der Waals surface area contributed by atoms with Gasteiger partial charge in [-0.15, -0.1) is 6.58 Å². The summed E-state index contributed by atoms with van der Waals surface area (Å²) in [6, 6.07) is 27.3. The number of ether oxygens (including phenoxy) is 3. The first-order valence-electron chi connectivity index (χ1n) is 13.0. The Hall–Kier alpha value is -3.87. The zero-order valence-corrected chi connectivity index (χ0v) is 22.4. The molecule has 0 spiro atoms. The molecule has 1 aromatic heterocycles. The standard InChI is InChI=1S/C32H36N2O4/c1-5-21-33(30(25-17-12-9-13-18-25)32(37-6-2)38-7-3)31(35)27-22-26-19-14-20-28(36-4)29(26)34(27)23-24-15-10-8-11-16-24/h5,8-20,22,30,32H,1,6-7,21,23H2,2-4H3. The Bertz CT molecular complexity index is 1330. The van der Waals surface area contributed by atoms with Gasteiger partial charge in [-0.1, -0.05) is 78.9 Å². The minimum Gasteiger partial charge on any atom is -0.495 e. The van der Waals surface area contributed by atoms with Crippen LogP contribution < -0.4 is 4.74 Å². The molecule has 6 heteroatoms. The molecule has 1 heterocycles. The maximum absolute atomic E-state index is 14.5. The molecule has 0 N–H and O–H groups in total. The summed E-state index contributed by atoms with van der Waals surface area (Å²) in [6.07, 6.45) is 1.10. The Morgan fingerprint density at radius 3 is 2.21 bits per heavy atom. The van der Waals surface area contributed by atoms with Crippen LogP contribution in [0.4, 0.5) is 0 Å². The third-order valence-electron chi connectivity index (χ3n) is 6.49. The van der Waals surface area contributed by atoms with Crippen molar-refractivity contribution in [2.75, 3.05) is 26.9 Å². The average Bonchev–Trinajstić information content (AvgIpc) is 3.32. The van der Waals surface area contributed by atoms with Gasteiger partial charge in [0, 0.05) is 31.7 Å². The highest BCUT2D eigenvalue weighted by molar-refractivity contribution is 6.00. The van der Waals surface area contributed by atoms with E-state index in [9.17, 15) is 4.79 Å². The number of carbonyl (C=O) groups is 1. The van der Waals surface area contributed by atoms with E-state index in [-0.39, 0.29) is 5.91 Å². The zero-order chi connectivity index (χ0) is 26.9. The molecule has 0 bridgehead atoms. The van der Waals surface area contributed by atoms with Gasteiger partial charge in [0.05, 0.1) is 12.6 Å². The molecule has 1 unspecified atom stereocenters. The van der Waals surface area contributed by atoms with E-state index in [4.69, 9.17) is 14.2 Å². The van der Waals surface area contributed by atoms with E-state index in [0.717, 1.165) is 22.0 Å². The number of carbonyl (C=O) groups excluding carboxylic acids is 1. The van der Waals surface area contributed by atoms with E-state index in [1.807, 2.05) is 91.2 Å². The Balaban J connectivity index is 1.88. The molecule has 0 aliphatic carbocycles. The van der Waals surface area contributed by atoms with Gasteiger partial charge in [-0.2, -0.15) is 0 Å². The Kier molecular flexibility index (Phi) is 9.35. The van der Waals surface area contributed by atoms with E-state index < -0.39 is 12.3 Å². The Morgan fingerprint density at radius 2 is 1.61 bits per heavy atom. The van der Waals surface area contributed by atoms with Gasteiger partial charge in [0.1, 0.15) is 17.5 Å². The van der Waals surface area contributed by atoms with Crippen LogP contribution in [0.3, 0.4) is 0 Å². The number of rotatable bonds is 13. The molecule has 198 valence electrons. The fraction of sp³-hybridized carbons (Fsp3) is 0.281. The van der Waals surface area contributed by atoms with Gasteiger partial charge in [-0.05, 0) is 37.1 Å². The number of hydrogen-bond donors (Lipinski definition) is 0. The fourth-order valence-electron chi connectivity index (χ4n) is 4.86. The van der Waals surface area contributed by atoms with Crippen molar-refractivity contribution in [3.63, 3.8) is 0 Å². The van der Waals surface area contributed by atoms with Crippen molar-refractivity contribution in [2.45, 2.75) is 32.7 Å². The largest absolute Gasteiger partial charge is 0.495 e. The van der Waals surface area contributed by atoms with Crippen molar-refractivity contribution in [1.29, 1.82) is 0 Å². The van der Waals surface area contributed by atoms with Crippen LogP contribution in [0, 0.1) is 0 Å². The number of fused-ring (bicyclic) bond motifs is 1. The summed E-state index contributed by atoms with van der Waals surface area (Å²) in [5.41, 5.74) is 3.45. The number of para-hydroxylation sites is 1. The van der Waals surface area contributed by atoms with Crippen molar-refractivity contribution in [3.8, 4) is 5.75 Å². The summed E-state index contributed by atoms with van der Waals surface area (Å²) < 4.78 is 19.9. The molecule has 3 aromatic carbocycles. The van der Waals surface area contributed by atoms with Crippen LogP contribution in [0.2, 0.25) is 0 Å². The van der Waals surface area contributed by atoms with E-state index in [1.165, 1.54) is 0 Å². The Morgan fingerprint density at radius 1 is 0.947 bits per heavy atom. The van der Waals surface area contributed by atoms with Crippen LogP contribution in [0.15, 0.2) is 97.6 Å². The number of nitrogens with zero attached hydrogens (tertiary/aromatic N) is 2. The average molecular weight is 513 g/mol. The van der Waals surface area contributed by atoms with Crippen molar-refractivity contribution in [3.05, 3.63) is 114 Å². The molecule has 4 rings (SSSR count). The highest BCUT2D eigenvalue weighted by atomic mass is 16.7. The molecule has 0 saturated heterocycles. The molecule has 1 atom stereocenters. The fourth-order valence-corrected chi connectivity index (χ4v) is 4.86. The van der Waals surface area contributed by atoms with E-state index in [2.05, 4.69) is 18.7 Å². The van der Waals surface area contributed by atoms with Crippen LogP contribution in [0.25, 0.3) is 10.9 Å². The summed E-state index contributed by atoms with van der Waals surface area (Å²) in [6.45, 7) is 9.56. The van der Waals surface area contributed by atoms with Crippen LogP contribution >= 0.6 is 0 Å². The van der Waals surface area contributed by atoms with Gasteiger partial charge >= 0.3 is 0 Å². The molecule has 0 aliphatic rings. The van der Waals surface area contributed by atoms with Gasteiger partial charge in [0.25, 0.3) is 5.91 Å². The second kappa shape index (κ2) is 13.1. The van der Waals surface area contributed by atoms with Crippen molar-refractivity contribution in [2.24, 2.45) is 0 Å². The summed E-state index contributed by atoms with van der Waals surface area (Å²) >= 11 is 0. The number of methoxy groups -OCH3 is 1. The smallest absolute Gasteiger partial charge is 0.271 e. The predicted molar refractivity (Wildman–Crippen MR) is 151 cm³/mol. The maximum Gasteiger partial charge on any atom is 0.271 e. The van der Waals surface area contributed by atoms with E-state index in [0.29, 0.717) is 37.7 Å². The van der Waals surface area contributed by atoms with Crippen LogP contribution in [-0.2, 0) is 16.0 Å². The minimum atomic E-state index is -0.641. The van der Waals surface area contributed by atoms with Crippen molar-refractivity contribution < 1.29 is 19.0 Å². The van der Waals surface area contributed by atoms with Gasteiger partial charge in [-0.3, -0.25) is 4.79 Å². The molecule has 0 radical (unpaired) electrons. The van der Waals surface area contributed by atoms with Gasteiger partial charge in [0.15, 0.2) is 6.29 Å². The van der Waals surface area contributed by atoms with Crippen LogP contribution in [0.5, 0.6) is 5.75 Å². The normalized spacial score (nSPS) is 12.0. The van der Waals surface area contributed by atoms with Crippen LogP contribution in [0.1, 0.15) is 41.5 Å². The monoisotopic (exact) mass is 512 g/mol. The third-order valence-corrected chi connectivity index (χ3v) is 6.49. The number of benzene rings is 3. The summed E-state index contributed by atoms with van der Waals surface area (Å²) in [4.78, 5) is 16.3.